The van der Waals surface area contributed by atoms with Gasteiger partial charge in [-0.3, -0.25) is 9.59 Å². The van der Waals surface area contributed by atoms with Crippen LogP contribution < -0.4 is 5.56 Å². The van der Waals surface area contributed by atoms with Gasteiger partial charge in [0.05, 0.1) is 11.4 Å². The molecule has 9 heteroatoms. The molecule has 142 valence electrons. The van der Waals surface area contributed by atoms with E-state index < -0.39 is 0 Å². The summed E-state index contributed by atoms with van der Waals surface area (Å²) in [5.41, 5.74) is 0.163. The number of ether oxygens (including phenoxy) is 1. The molecular weight excluding hydrogens is 406 g/mol. The SMILES string of the molecule is CCCCc1nn2c(=O)cc(COC(=O)CSc3ccc(Cl)cc3)nc2s1. The molecule has 0 atom stereocenters. The molecule has 0 saturated carbocycles. The Hall–Kier alpha value is -1.90. The fourth-order valence-electron chi connectivity index (χ4n) is 2.27. The van der Waals surface area contributed by atoms with Crippen molar-refractivity contribution in [3.8, 4) is 0 Å². The van der Waals surface area contributed by atoms with E-state index in [1.807, 2.05) is 12.1 Å². The number of rotatable bonds is 8. The molecule has 0 bridgehead atoms. The first-order valence-corrected chi connectivity index (χ1v) is 10.7. The van der Waals surface area contributed by atoms with E-state index in [0.29, 0.717) is 15.7 Å². The molecule has 27 heavy (non-hydrogen) atoms. The minimum absolute atomic E-state index is 0.0338. The van der Waals surface area contributed by atoms with E-state index in [9.17, 15) is 9.59 Å². The zero-order chi connectivity index (χ0) is 19.2. The number of unbranched alkanes of at least 4 members (excludes halogenated alkanes) is 1. The van der Waals surface area contributed by atoms with Crippen LogP contribution in [0.5, 0.6) is 0 Å². The number of nitrogens with zero attached hydrogens (tertiary/aromatic N) is 3. The van der Waals surface area contributed by atoms with E-state index in [-0.39, 0.29) is 23.9 Å². The summed E-state index contributed by atoms with van der Waals surface area (Å²) in [6, 6.07) is 8.58. The molecule has 0 aliphatic carbocycles. The van der Waals surface area contributed by atoms with Gasteiger partial charge in [-0.2, -0.15) is 9.61 Å². The van der Waals surface area contributed by atoms with Gasteiger partial charge >= 0.3 is 5.97 Å². The first-order chi connectivity index (χ1) is 13.0. The molecule has 0 N–H and O–H groups in total. The van der Waals surface area contributed by atoms with E-state index in [0.717, 1.165) is 29.2 Å². The highest BCUT2D eigenvalue weighted by Gasteiger charge is 2.11. The van der Waals surface area contributed by atoms with Crippen molar-refractivity contribution in [1.82, 2.24) is 14.6 Å². The predicted molar refractivity (Wildman–Crippen MR) is 108 cm³/mol. The topological polar surface area (TPSA) is 73.6 Å². The maximum Gasteiger partial charge on any atom is 0.316 e. The third-order valence-electron chi connectivity index (χ3n) is 3.64. The van der Waals surface area contributed by atoms with Crippen molar-refractivity contribution in [2.24, 2.45) is 0 Å². The number of esters is 1. The minimum atomic E-state index is -0.370. The Kier molecular flexibility index (Phi) is 6.87. The van der Waals surface area contributed by atoms with Crippen molar-refractivity contribution in [3.63, 3.8) is 0 Å². The van der Waals surface area contributed by atoms with Crippen LogP contribution >= 0.6 is 34.7 Å². The molecule has 3 aromatic rings. The smallest absolute Gasteiger partial charge is 0.316 e. The fourth-order valence-corrected chi connectivity index (χ4v) is 4.05. The number of halogens is 1. The Morgan fingerprint density at radius 2 is 2.11 bits per heavy atom. The summed E-state index contributed by atoms with van der Waals surface area (Å²) in [5, 5.41) is 5.83. The van der Waals surface area contributed by atoms with Crippen LogP contribution in [-0.2, 0) is 22.6 Å². The van der Waals surface area contributed by atoms with Crippen LogP contribution in [0.2, 0.25) is 5.02 Å². The molecule has 2 aromatic heterocycles. The Balaban J connectivity index is 1.58. The number of aryl methyl sites for hydroxylation is 1. The first kappa shape index (κ1) is 19.9. The van der Waals surface area contributed by atoms with Gasteiger partial charge in [0, 0.05) is 22.4 Å². The van der Waals surface area contributed by atoms with E-state index in [1.54, 1.807) is 12.1 Å². The highest BCUT2D eigenvalue weighted by atomic mass is 35.5. The third-order valence-corrected chi connectivity index (χ3v) is 5.84. The maximum absolute atomic E-state index is 12.2. The van der Waals surface area contributed by atoms with E-state index in [1.165, 1.54) is 33.7 Å². The van der Waals surface area contributed by atoms with Crippen molar-refractivity contribution >= 4 is 45.6 Å². The molecule has 2 heterocycles. The lowest BCUT2D eigenvalue weighted by atomic mass is 10.3. The number of hydrogen-bond acceptors (Lipinski definition) is 7. The monoisotopic (exact) mass is 423 g/mol. The molecule has 0 radical (unpaired) electrons. The summed E-state index contributed by atoms with van der Waals surface area (Å²) in [6.45, 7) is 2.07. The maximum atomic E-state index is 12.2. The van der Waals surface area contributed by atoms with Crippen molar-refractivity contribution in [3.05, 3.63) is 56.4 Å². The van der Waals surface area contributed by atoms with Crippen molar-refractivity contribution < 1.29 is 9.53 Å². The lowest BCUT2D eigenvalue weighted by Gasteiger charge is -2.04. The molecule has 1 aromatic carbocycles. The normalized spacial score (nSPS) is 11.0. The van der Waals surface area contributed by atoms with Crippen LogP contribution in [0.15, 0.2) is 40.0 Å². The number of fused-ring (bicyclic) bond motifs is 1. The number of benzene rings is 1. The summed E-state index contributed by atoms with van der Waals surface area (Å²) in [7, 11) is 0. The Labute approximate surface area is 169 Å². The van der Waals surface area contributed by atoms with Gasteiger partial charge in [0.1, 0.15) is 11.6 Å². The van der Waals surface area contributed by atoms with Gasteiger partial charge in [0.15, 0.2) is 0 Å². The number of thioether (sulfide) groups is 1. The average molecular weight is 424 g/mol. The second-order valence-electron chi connectivity index (χ2n) is 5.78. The van der Waals surface area contributed by atoms with Crippen LogP contribution in [0.1, 0.15) is 30.5 Å². The van der Waals surface area contributed by atoms with Crippen LogP contribution in [0.4, 0.5) is 0 Å². The first-order valence-electron chi connectivity index (χ1n) is 8.48. The second-order valence-corrected chi connectivity index (χ2v) is 8.31. The molecule has 6 nitrogen and oxygen atoms in total. The number of hydrogen-bond donors (Lipinski definition) is 0. The zero-order valence-electron chi connectivity index (χ0n) is 14.7. The lowest BCUT2D eigenvalue weighted by Crippen LogP contribution is -2.17. The van der Waals surface area contributed by atoms with Gasteiger partial charge in [-0.25, -0.2) is 4.98 Å². The van der Waals surface area contributed by atoms with Crippen LogP contribution in [0, 0.1) is 0 Å². The van der Waals surface area contributed by atoms with Crippen LogP contribution in [-0.4, -0.2) is 26.3 Å². The van der Waals surface area contributed by atoms with Gasteiger partial charge in [0.2, 0.25) is 4.96 Å². The molecule has 0 spiro atoms. The quantitative estimate of drug-likeness (QED) is 0.403. The molecule has 3 rings (SSSR count). The zero-order valence-corrected chi connectivity index (χ0v) is 17.1. The summed E-state index contributed by atoms with van der Waals surface area (Å²) in [6.07, 6.45) is 2.91. The number of aromatic nitrogens is 3. The van der Waals surface area contributed by atoms with Crippen LogP contribution in [0.3, 0.4) is 0 Å². The second kappa shape index (κ2) is 9.34. The predicted octanol–water partition coefficient (Wildman–Crippen LogP) is 3.98. The lowest BCUT2D eigenvalue weighted by molar-refractivity contribution is -0.141. The molecular formula is C18H18ClN3O3S2. The Morgan fingerprint density at radius 3 is 2.85 bits per heavy atom. The fraction of sp³-hybridized carbons (Fsp3) is 0.333. The van der Waals surface area contributed by atoms with Gasteiger partial charge in [-0.05, 0) is 30.7 Å². The van der Waals surface area contributed by atoms with Gasteiger partial charge in [0.25, 0.3) is 5.56 Å². The molecule has 0 unspecified atom stereocenters. The molecule has 0 aliphatic rings. The Bertz CT molecular complexity index is 986. The van der Waals surface area contributed by atoms with E-state index in [2.05, 4.69) is 17.0 Å². The Morgan fingerprint density at radius 1 is 1.33 bits per heavy atom. The number of carbonyl (C=O) groups is 1. The summed E-state index contributed by atoms with van der Waals surface area (Å²) < 4.78 is 6.54. The van der Waals surface area contributed by atoms with E-state index in [4.69, 9.17) is 16.3 Å². The molecule has 0 fully saturated rings. The molecule has 0 aliphatic heterocycles. The summed E-state index contributed by atoms with van der Waals surface area (Å²) in [4.78, 5) is 30.0. The third kappa shape index (κ3) is 5.54. The van der Waals surface area contributed by atoms with Crippen LogP contribution in [0.25, 0.3) is 4.96 Å². The van der Waals surface area contributed by atoms with Gasteiger partial charge < -0.3 is 4.74 Å². The summed E-state index contributed by atoms with van der Waals surface area (Å²) in [5.74, 6) is -0.199. The van der Waals surface area contributed by atoms with Crippen molar-refractivity contribution in [2.45, 2.75) is 37.7 Å². The summed E-state index contributed by atoms with van der Waals surface area (Å²) >= 11 is 8.59. The van der Waals surface area contributed by atoms with Gasteiger partial charge in [-0.1, -0.05) is 36.3 Å². The number of carbonyl (C=O) groups excluding carboxylic acids is 1. The van der Waals surface area contributed by atoms with Crippen molar-refractivity contribution in [1.29, 1.82) is 0 Å². The van der Waals surface area contributed by atoms with E-state index >= 15 is 0 Å². The standard InChI is InChI=1S/C18H18ClN3O3S2/c1-2-3-4-15-21-22-16(23)9-13(20-18(22)27-15)10-25-17(24)11-26-14-7-5-12(19)6-8-14/h5-9H,2-4,10-11H2,1H3. The van der Waals surface area contributed by atoms with Crippen molar-refractivity contribution in [2.75, 3.05) is 5.75 Å². The largest absolute Gasteiger partial charge is 0.459 e. The average Bonchev–Trinajstić information content (AvgIpc) is 3.08. The highest BCUT2D eigenvalue weighted by molar-refractivity contribution is 8.00. The highest BCUT2D eigenvalue weighted by Crippen LogP contribution is 2.20. The molecule has 0 amide bonds. The molecule has 0 saturated heterocycles. The van der Waals surface area contributed by atoms with Gasteiger partial charge in [-0.15, -0.1) is 11.8 Å². The minimum Gasteiger partial charge on any atom is -0.459 e.